The molecule has 0 bridgehead atoms. The minimum Gasteiger partial charge on any atom is -0.390 e. The molecule has 2 saturated heterocycles. The molecule has 0 spiro atoms. The van der Waals surface area contributed by atoms with Gasteiger partial charge < -0.3 is 37.0 Å². The molecular weight excluding hydrogens is 448 g/mol. The minimum absolute atomic E-state index is 0.0270. The molecule has 0 aromatic carbocycles. The predicted molar refractivity (Wildman–Crippen MR) is 139 cm³/mol. The standard InChI is InChI=1S/C24H50N8O3/c1-2-3-4-23(34)29-9-10-30-24(35)19-21(32-17-13-27-7-8-28-14-18-32)22(33)20-31-15-11-25-5-6-26-12-16-31/h21-22,25-28,33H,2-20H2,1H3,(H,29,34)(H,30,35). The van der Waals surface area contributed by atoms with Crippen molar-refractivity contribution in [2.45, 2.75) is 44.8 Å². The summed E-state index contributed by atoms with van der Waals surface area (Å²) in [5.74, 6) is -0.0652. The molecule has 7 N–H and O–H groups in total. The second-order valence-corrected chi connectivity index (χ2v) is 9.48. The Labute approximate surface area is 211 Å². The first kappa shape index (κ1) is 29.9. The Morgan fingerprint density at radius 3 is 1.86 bits per heavy atom. The quantitative estimate of drug-likeness (QED) is 0.146. The molecule has 2 fully saturated rings. The third kappa shape index (κ3) is 13.5. The Bertz CT molecular complexity index is 563. The van der Waals surface area contributed by atoms with E-state index in [0.717, 1.165) is 91.4 Å². The minimum atomic E-state index is -0.643. The first-order chi connectivity index (χ1) is 17.1. The van der Waals surface area contributed by atoms with E-state index in [-0.39, 0.29) is 24.3 Å². The van der Waals surface area contributed by atoms with Gasteiger partial charge in [0.05, 0.1) is 6.10 Å². The lowest BCUT2D eigenvalue weighted by atomic mass is 10.0. The zero-order valence-corrected chi connectivity index (χ0v) is 21.7. The zero-order chi connectivity index (χ0) is 25.1. The first-order valence-electron chi connectivity index (χ1n) is 13.6. The number of nitrogens with one attached hydrogen (secondary N) is 6. The lowest BCUT2D eigenvalue weighted by Gasteiger charge is -2.36. The Balaban J connectivity index is 1.92. The van der Waals surface area contributed by atoms with Gasteiger partial charge in [-0.25, -0.2) is 0 Å². The van der Waals surface area contributed by atoms with E-state index in [1.54, 1.807) is 0 Å². The maximum atomic E-state index is 12.9. The number of carbonyl (C=O) groups excluding carboxylic acids is 2. The molecule has 2 rings (SSSR count). The largest absolute Gasteiger partial charge is 0.390 e. The molecule has 11 heteroatoms. The topological polar surface area (TPSA) is 133 Å². The highest BCUT2D eigenvalue weighted by Gasteiger charge is 2.30. The second kappa shape index (κ2) is 18.9. The van der Waals surface area contributed by atoms with Crippen molar-refractivity contribution in [3.8, 4) is 0 Å². The van der Waals surface area contributed by atoms with E-state index in [0.29, 0.717) is 26.1 Å². The van der Waals surface area contributed by atoms with Crippen LogP contribution in [0.3, 0.4) is 0 Å². The van der Waals surface area contributed by atoms with Crippen molar-refractivity contribution in [2.75, 3.05) is 98.2 Å². The van der Waals surface area contributed by atoms with Crippen molar-refractivity contribution >= 4 is 11.8 Å². The van der Waals surface area contributed by atoms with E-state index >= 15 is 0 Å². The number of nitrogens with zero attached hydrogens (tertiary/aromatic N) is 2. The average Bonchev–Trinajstić information content (AvgIpc) is 3.07. The van der Waals surface area contributed by atoms with Crippen molar-refractivity contribution in [3.05, 3.63) is 0 Å². The van der Waals surface area contributed by atoms with E-state index in [4.69, 9.17) is 0 Å². The maximum Gasteiger partial charge on any atom is 0.221 e. The van der Waals surface area contributed by atoms with E-state index < -0.39 is 6.10 Å². The summed E-state index contributed by atoms with van der Waals surface area (Å²) in [6.07, 6.45) is 1.98. The van der Waals surface area contributed by atoms with Gasteiger partial charge in [0.1, 0.15) is 0 Å². The van der Waals surface area contributed by atoms with Crippen LogP contribution in [0, 0.1) is 0 Å². The molecular formula is C24H50N8O3. The van der Waals surface area contributed by atoms with Crippen LogP contribution in [0.2, 0.25) is 0 Å². The van der Waals surface area contributed by atoms with Gasteiger partial charge in [0.15, 0.2) is 0 Å². The fraction of sp³-hybridized carbons (Fsp3) is 0.917. The van der Waals surface area contributed by atoms with Crippen molar-refractivity contribution < 1.29 is 14.7 Å². The molecule has 35 heavy (non-hydrogen) atoms. The molecule has 2 amide bonds. The molecule has 0 aromatic rings. The van der Waals surface area contributed by atoms with Crippen LogP contribution >= 0.6 is 0 Å². The molecule has 0 aliphatic carbocycles. The van der Waals surface area contributed by atoms with Gasteiger partial charge in [-0.2, -0.15) is 0 Å². The highest BCUT2D eigenvalue weighted by Crippen LogP contribution is 2.12. The molecule has 2 unspecified atom stereocenters. The van der Waals surface area contributed by atoms with Crippen LogP contribution in [0.15, 0.2) is 0 Å². The van der Waals surface area contributed by atoms with Crippen LogP contribution in [-0.2, 0) is 9.59 Å². The van der Waals surface area contributed by atoms with Crippen LogP contribution in [0.5, 0.6) is 0 Å². The molecule has 11 nitrogen and oxygen atoms in total. The summed E-state index contributed by atoms with van der Waals surface area (Å²) in [5, 5.41) is 30.8. The van der Waals surface area contributed by atoms with Crippen LogP contribution in [0.25, 0.3) is 0 Å². The van der Waals surface area contributed by atoms with Gasteiger partial charge >= 0.3 is 0 Å². The number of aliphatic hydroxyl groups is 1. The molecule has 2 atom stereocenters. The number of rotatable bonds is 12. The molecule has 0 aromatic heterocycles. The van der Waals surface area contributed by atoms with Gasteiger partial charge in [-0.3, -0.25) is 19.4 Å². The summed E-state index contributed by atoms with van der Waals surface area (Å²) < 4.78 is 0. The lowest BCUT2D eigenvalue weighted by Crippen LogP contribution is -2.53. The maximum absolute atomic E-state index is 12.9. The monoisotopic (exact) mass is 498 g/mol. The normalized spacial score (nSPS) is 21.3. The Hall–Kier alpha value is -1.34. The van der Waals surface area contributed by atoms with Gasteiger partial charge in [0.2, 0.25) is 11.8 Å². The fourth-order valence-corrected chi connectivity index (χ4v) is 4.50. The number of hydrogen-bond acceptors (Lipinski definition) is 9. The Kier molecular flexibility index (Phi) is 16.1. The number of carbonyl (C=O) groups is 2. The van der Waals surface area contributed by atoms with Crippen LogP contribution in [0.1, 0.15) is 32.6 Å². The summed E-state index contributed by atoms with van der Waals surface area (Å²) in [6.45, 7) is 13.9. The molecule has 2 aliphatic heterocycles. The Morgan fingerprint density at radius 2 is 1.31 bits per heavy atom. The summed E-state index contributed by atoms with van der Waals surface area (Å²) in [6, 6.07) is -0.274. The van der Waals surface area contributed by atoms with Gasteiger partial charge in [-0.05, 0) is 6.42 Å². The second-order valence-electron chi connectivity index (χ2n) is 9.48. The van der Waals surface area contributed by atoms with Gasteiger partial charge in [-0.15, -0.1) is 0 Å². The smallest absolute Gasteiger partial charge is 0.221 e. The van der Waals surface area contributed by atoms with E-state index in [2.05, 4.69) is 48.6 Å². The van der Waals surface area contributed by atoms with Crippen molar-refractivity contribution in [1.29, 1.82) is 0 Å². The van der Waals surface area contributed by atoms with Crippen LogP contribution in [0.4, 0.5) is 0 Å². The van der Waals surface area contributed by atoms with Crippen LogP contribution < -0.4 is 31.9 Å². The molecule has 2 aliphatic rings. The summed E-state index contributed by atoms with van der Waals surface area (Å²) in [4.78, 5) is 29.1. The average molecular weight is 499 g/mol. The number of hydrogen-bond donors (Lipinski definition) is 7. The number of β-amino-alcohol motifs (C(OH)–C–C–N with tert-alkyl or cyclic N) is 1. The number of unbranched alkanes of at least 4 members (excludes halogenated alkanes) is 1. The molecule has 0 saturated carbocycles. The van der Waals surface area contributed by atoms with E-state index in [9.17, 15) is 14.7 Å². The summed E-state index contributed by atoms with van der Waals surface area (Å²) >= 11 is 0. The van der Waals surface area contributed by atoms with E-state index in [1.165, 1.54) is 0 Å². The summed E-state index contributed by atoms with van der Waals surface area (Å²) in [5.41, 5.74) is 0. The van der Waals surface area contributed by atoms with Gasteiger partial charge in [-0.1, -0.05) is 13.3 Å². The van der Waals surface area contributed by atoms with Crippen LogP contribution in [-0.4, -0.2) is 137 Å². The highest BCUT2D eigenvalue weighted by molar-refractivity contribution is 5.77. The fourth-order valence-electron chi connectivity index (χ4n) is 4.50. The third-order valence-corrected chi connectivity index (χ3v) is 6.60. The van der Waals surface area contributed by atoms with Crippen molar-refractivity contribution in [3.63, 3.8) is 0 Å². The van der Waals surface area contributed by atoms with Gasteiger partial charge in [0.25, 0.3) is 0 Å². The first-order valence-corrected chi connectivity index (χ1v) is 13.6. The van der Waals surface area contributed by atoms with E-state index in [1.807, 2.05) is 0 Å². The van der Waals surface area contributed by atoms with Crippen molar-refractivity contribution in [2.24, 2.45) is 0 Å². The Morgan fingerprint density at radius 1 is 0.800 bits per heavy atom. The van der Waals surface area contributed by atoms with Crippen molar-refractivity contribution in [1.82, 2.24) is 41.7 Å². The third-order valence-electron chi connectivity index (χ3n) is 6.60. The highest BCUT2D eigenvalue weighted by atomic mass is 16.3. The summed E-state index contributed by atoms with van der Waals surface area (Å²) in [7, 11) is 0. The lowest BCUT2D eigenvalue weighted by molar-refractivity contribution is -0.124. The predicted octanol–water partition coefficient (Wildman–Crippen LogP) is -2.48. The number of aliphatic hydroxyl groups excluding tert-OH is 1. The molecule has 0 radical (unpaired) electrons. The molecule has 204 valence electrons. The zero-order valence-electron chi connectivity index (χ0n) is 21.7. The van der Waals surface area contributed by atoms with Gasteiger partial charge in [0, 0.05) is 117 Å². The molecule has 2 heterocycles. The number of amides is 2. The SMILES string of the molecule is CCCCC(=O)NCCNC(=O)CC(C(O)CN1CCNCCNCC1)N1CCNCCNCC1.